The Hall–Kier alpha value is -3.38. The van der Waals surface area contributed by atoms with Gasteiger partial charge in [-0.3, -0.25) is 0 Å². The summed E-state index contributed by atoms with van der Waals surface area (Å²) in [7, 11) is 0. The molecule has 0 saturated heterocycles. The molecule has 0 bridgehead atoms. The molecular weight excluding hydrogens is 382 g/mol. The van der Waals surface area contributed by atoms with Crippen LogP contribution >= 0.6 is 0 Å². The van der Waals surface area contributed by atoms with Crippen LogP contribution in [0.4, 0.5) is 0 Å². The number of nitrogens with zero attached hydrogens (tertiary/aromatic N) is 1. The molecule has 0 fully saturated rings. The normalized spacial score (nSPS) is 10.5. The van der Waals surface area contributed by atoms with Crippen molar-refractivity contribution in [1.29, 1.82) is 5.26 Å². The predicted molar refractivity (Wildman–Crippen MR) is 125 cm³/mol. The Balaban J connectivity index is 1.53. The highest BCUT2D eigenvalue weighted by Gasteiger charge is 2.09. The van der Waals surface area contributed by atoms with Gasteiger partial charge in [-0.2, -0.15) is 5.26 Å². The van der Waals surface area contributed by atoms with Crippen LogP contribution in [0, 0.1) is 11.3 Å². The van der Waals surface area contributed by atoms with Gasteiger partial charge in [-0.05, 0) is 65.9 Å². The first kappa shape index (κ1) is 22.3. The Kier molecular flexibility index (Phi) is 8.43. The molecule has 0 amide bonds. The lowest BCUT2D eigenvalue weighted by Crippen LogP contribution is -2.08. The van der Waals surface area contributed by atoms with E-state index in [1.807, 2.05) is 18.2 Å². The number of rotatable bonds is 10. The fourth-order valence-corrected chi connectivity index (χ4v) is 3.54. The van der Waals surface area contributed by atoms with Crippen molar-refractivity contribution in [2.24, 2.45) is 0 Å². The molecule has 0 spiro atoms. The van der Waals surface area contributed by atoms with E-state index in [0.29, 0.717) is 16.9 Å². The monoisotopic (exact) mass is 411 g/mol. The first-order chi connectivity index (χ1) is 15.2. The topological polar surface area (TPSA) is 50.1 Å². The number of hydrogen-bond acceptors (Lipinski definition) is 3. The van der Waals surface area contributed by atoms with Crippen molar-refractivity contribution in [3.63, 3.8) is 0 Å². The molecule has 0 N–H and O–H groups in total. The van der Waals surface area contributed by atoms with Gasteiger partial charge in [-0.25, -0.2) is 4.79 Å². The summed E-state index contributed by atoms with van der Waals surface area (Å²) in [5.74, 6) is 0.0135. The molecule has 3 nitrogen and oxygen atoms in total. The van der Waals surface area contributed by atoms with Crippen LogP contribution in [0.5, 0.6) is 5.75 Å². The Morgan fingerprint density at radius 2 is 1.35 bits per heavy atom. The van der Waals surface area contributed by atoms with Gasteiger partial charge < -0.3 is 4.74 Å². The first-order valence-electron chi connectivity index (χ1n) is 11.1. The molecule has 0 aliphatic rings. The highest BCUT2D eigenvalue weighted by molar-refractivity contribution is 5.91. The maximum absolute atomic E-state index is 12.4. The van der Waals surface area contributed by atoms with Gasteiger partial charge in [0, 0.05) is 0 Å². The minimum atomic E-state index is -0.412. The predicted octanol–water partition coefficient (Wildman–Crippen LogP) is 7.35. The van der Waals surface area contributed by atoms with E-state index in [1.165, 1.54) is 44.1 Å². The highest BCUT2D eigenvalue weighted by Crippen LogP contribution is 2.22. The number of carbonyl (C=O) groups excluding carboxylic acids is 1. The molecule has 0 heterocycles. The van der Waals surface area contributed by atoms with Crippen molar-refractivity contribution in [3.05, 3.63) is 89.5 Å². The van der Waals surface area contributed by atoms with Crippen LogP contribution in [-0.2, 0) is 6.42 Å². The third kappa shape index (κ3) is 6.83. The number of aryl methyl sites for hydroxylation is 1. The minimum absolute atomic E-state index is 0.412. The second-order valence-electron chi connectivity index (χ2n) is 7.82. The van der Waals surface area contributed by atoms with E-state index in [2.05, 4.69) is 31.2 Å². The number of esters is 1. The fraction of sp³-hybridized carbons (Fsp3) is 0.286. The molecule has 0 unspecified atom stereocenters. The molecule has 158 valence electrons. The molecule has 0 radical (unpaired) electrons. The highest BCUT2D eigenvalue weighted by atomic mass is 16.5. The third-order valence-electron chi connectivity index (χ3n) is 5.42. The van der Waals surface area contributed by atoms with E-state index in [1.54, 1.807) is 36.4 Å². The van der Waals surface area contributed by atoms with Gasteiger partial charge in [0.1, 0.15) is 5.75 Å². The molecule has 0 saturated carbocycles. The van der Waals surface area contributed by atoms with Crippen LogP contribution in [-0.4, -0.2) is 5.97 Å². The van der Waals surface area contributed by atoms with Crippen LogP contribution in [0.15, 0.2) is 72.8 Å². The SMILES string of the molecule is CCCCCCCCc1ccc(-c2ccc(C(=O)Oc3ccc(C#N)cc3)cc2)cc1. The van der Waals surface area contributed by atoms with Gasteiger partial charge in [0.15, 0.2) is 0 Å². The Morgan fingerprint density at radius 3 is 1.97 bits per heavy atom. The standard InChI is InChI=1S/C28H29NO2/c1-2-3-4-5-6-7-8-22-9-13-24(14-10-22)25-15-17-26(18-16-25)28(30)31-27-19-11-23(21-29)12-20-27/h9-20H,2-8H2,1H3. The number of unbranched alkanes of at least 4 members (excludes halogenated alkanes) is 5. The lowest BCUT2D eigenvalue weighted by atomic mass is 10.00. The first-order valence-corrected chi connectivity index (χ1v) is 11.1. The quantitative estimate of drug-likeness (QED) is 0.199. The van der Waals surface area contributed by atoms with Gasteiger partial charge in [-0.1, -0.05) is 75.4 Å². The van der Waals surface area contributed by atoms with Crippen molar-refractivity contribution >= 4 is 5.97 Å². The summed E-state index contributed by atoms with van der Waals surface area (Å²) in [6, 6.07) is 24.7. The van der Waals surface area contributed by atoms with Crippen LogP contribution in [0.1, 0.15) is 66.9 Å². The summed E-state index contributed by atoms with van der Waals surface area (Å²) in [5.41, 5.74) is 4.61. The second-order valence-corrected chi connectivity index (χ2v) is 7.82. The molecular formula is C28H29NO2. The van der Waals surface area contributed by atoms with Gasteiger partial charge in [-0.15, -0.1) is 0 Å². The average molecular weight is 412 g/mol. The average Bonchev–Trinajstić information content (AvgIpc) is 2.82. The van der Waals surface area contributed by atoms with Crippen LogP contribution in [0.2, 0.25) is 0 Å². The zero-order chi connectivity index (χ0) is 21.9. The van der Waals surface area contributed by atoms with Crippen LogP contribution < -0.4 is 4.74 Å². The van der Waals surface area contributed by atoms with Gasteiger partial charge in [0.2, 0.25) is 0 Å². The van der Waals surface area contributed by atoms with E-state index in [4.69, 9.17) is 10.00 Å². The van der Waals surface area contributed by atoms with Crippen molar-refractivity contribution < 1.29 is 9.53 Å². The molecule has 0 aliphatic heterocycles. The Bertz CT molecular complexity index is 997. The largest absolute Gasteiger partial charge is 0.423 e. The van der Waals surface area contributed by atoms with E-state index < -0.39 is 5.97 Å². The number of nitriles is 1. The lowest BCUT2D eigenvalue weighted by molar-refractivity contribution is 0.0735. The van der Waals surface area contributed by atoms with Crippen molar-refractivity contribution in [1.82, 2.24) is 0 Å². The van der Waals surface area contributed by atoms with E-state index in [9.17, 15) is 4.79 Å². The van der Waals surface area contributed by atoms with Gasteiger partial charge in [0.25, 0.3) is 0 Å². The van der Waals surface area contributed by atoms with Crippen molar-refractivity contribution in [3.8, 4) is 22.9 Å². The summed E-state index contributed by atoms with van der Waals surface area (Å²) in [4.78, 5) is 12.4. The van der Waals surface area contributed by atoms with Crippen molar-refractivity contribution in [2.75, 3.05) is 0 Å². The van der Waals surface area contributed by atoms with Crippen LogP contribution in [0.25, 0.3) is 11.1 Å². The maximum Gasteiger partial charge on any atom is 0.343 e. The Morgan fingerprint density at radius 1 is 0.774 bits per heavy atom. The number of hydrogen-bond donors (Lipinski definition) is 0. The summed E-state index contributed by atoms with van der Waals surface area (Å²) in [6.07, 6.45) is 9.02. The fourth-order valence-electron chi connectivity index (χ4n) is 3.54. The molecule has 3 aromatic carbocycles. The second kappa shape index (κ2) is 11.7. The number of ether oxygens (including phenoxy) is 1. The smallest absolute Gasteiger partial charge is 0.343 e. The Labute approximate surface area is 185 Å². The third-order valence-corrected chi connectivity index (χ3v) is 5.42. The zero-order valence-electron chi connectivity index (χ0n) is 18.1. The van der Waals surface area contributed by atoms with E-state index in [-0.39, 0.29) is 0 Å². The molecule has 3 heteroatoms. The minimum Gasteiger partial charge on any atom is -0.423 e. The number of benzene rings is 3. The molecule has 0 atom stereocenters. The van der Waals surface area contributed by atoms with Gasteiger partial charge >= 0.3 is 5.97 Å². The van der Waals surface area contributed by atoms with Crippen molar-refractivity contribution in [2.45, 2.75) is 51.9 Å². The number of carbonyl (C=O) groups is 1. The molecule has 0 aliphatic carbocycles. The van der Waals surface area contributed by atoms with E-state index >= 15 is 0 Å². The zero-order valence-corrected chi connectivity index (χ0v) is 18.1. The van der Waals surface area contributed by atoms with E-state index in [0.717, 1.165) is 17.5 Å². The summed E-state index contributed by atoms with van der Waals surface area (Å²) >= 11 is 0. The molecule has 3 aromatic rings. The summed E-state index contributed by atoms with van der Waals surface area (Å²) in [6.45, 7) is 2.25. The lowest BCUT2D eigenvalue weighted by Gasteiger charge is -2.07. The molecule has 31 heavy (non-hydrogen) atoms. The summed E-state index contributed by atoms with van der Waals surface area (Å²) in [5, 5.41) is 8.84. The molecule has 0 aromatic heterocycles. The maximum atomic E-state index is 12.4. The van der Waals surface area contributed by atoms with Crippen LogP contribution in [0.3, 0.4) is 0 Å². The van der Waals surface area contributed by atoms with Gasteiger partial charge in [0.05, 0.1) is 17.2 Å². The molecule has 3 rings (SSSR count). The summed E-state index contributed by atoms with van der Waals surface area (Å²) < 4.78 is 5.38.